The Kier molecular flexibility index (Phi) is 5.89. The van der Waals surface area contributed by atoms with Gasteiger partial charge in [-0.3, -0.25) is 9.59 Å². The summed E-state index contributed by atoms with van der Waals surface area (Å²) in [6, 6.07) is 7.09. The number of benzene rings is 1. The van der Waals surface area contributed by atoms with Crippen LogP contribution < -0.4 is 5.32 Å². The maximum atomic E-state index is 11.7. The van der Waals surface area contributed by atoms with Crippen molar-refractivity contribution < 1.29 is 14.7 Å². The Labute approximate surface area is 117 Å². The number of amides is 1. The van der Waals surface area contributed by atoms with E-state index in [0.29, 0.717) is 0 Å². The summed E-state index contributed by atoms with van der Waals surface area (Å²) in [7, 11) is 0. The number of aliphatic carboxylic acids is 1. The second-order valence-corrected chi connectivity index (χ2v) is 5.47. The van der Waals surface area contributed by atoms with Gasteiger partial charge >= 0.3 is 5.97 Å². The van der Waals surface area contributed by atoms with Gasteiger partial charge in [0.1, 0.15) is 0 Å². The average Bonchev–Trinajstić information content (AvgIpc) is 2.37. The van der Waals surface area contributed by atoms with Crippen LogP contribution in [0.2, 0.25) is 0 Å². The maximum Gasteiger partial charge on any atom is 0.305 e. The Morgan fingerprint density at radius 1 is 1.26 bits per heavy atom. The maximum absolute atomic E-state index is 11.7. The van der Waals surface area contributed by atoms with Crippen molar-refractivity contribution in [3.63, 3.8) is 0 Å². The molecule has 2 N–H and O–H groups in total. The summed E-state index contributed by atoms with van der Waals surface area (Å²) < 4.78 is 0. The van der Waals surface area contributed by atoms with E-state index in [4.69, 9.17) is 5.11 Å². The highest BCUT2D eigenvalue weighted by molar-refractivity contribution is 7.98. The number of hydrogen-bond donors (Lipinski definition) is 2. The van der Waals surface area contributed by atoms with E-state index >= 15 is 0 Å². The predicted octanol–water partition coefficient (Wildman–Crippen LogP) is 2.70. The number of carbonyl (C=O) groups excluding carboxylic acids is 1. The van der Waals surface area contributed by atoms with Crippen molar-refractivity contribution in [1.29, 1.82) is 0 Å². The van der Waals surface area contributed by atoms with Crippen LogP contribution in [0.3, 0.4) is 0 Å². The lowest BCUT2D eigenvalue weighted by Gasteiger charge is -2.19. The molecule has 0 saturated heterocycles. The molecule has 104 valence electrons. The molecule has 0 spiro atoms. The fourth-order valence-electron chi connectivity index (χ4n) is 1.60. The number of thioether (sulfide) groups is 1. The Bertz CT molecular complexity index is 443. The van der Waals surface area contributed by atoms with Gasteiger partial charge in [0.2, 0.25) is 5.91 Å². The Morgan fingerprint density at radius 3 is 2.26 bits per heavy atom. The highest BCUT2D eigenvalue weighted by Gasteiger charge is 2.19. The molecule has 4 nitrogen and oxygen atoms in total. The van der Waals surface area contributed by atoms with E-state index in [1.165, 1.54) is 0 Å². The van der Waals surface area contributed by atoms with Crippen LogP contribution in [0.1, 0.15) is 31.9 Å². The van der Waals surface area contributed by atoms with Crippen LogP contribution in [-0.4, -0.2) is 23.2 Å². The van der Waals surface area contributed by atoms with Crippen LogP contribution >= 0.6 is 11.8 Å². The molecule has 0 aliphatic heterocycles. The standard InChI is InChI=1S/C14H19NO3S/c1-9(2)14(18)15-12(8-13(16)17)10-4-6-11(19-3)7-5-10/h4-7,9,12H,8H2,1-3H3,(H,15,18)(H,16,17). The quantitative estimate of drug-likeness (QED) is 0.787. The SMILES string of the molecule is CSc1ccc(C(CC(=O)O)NC(=O)C(C)C)cc1. The van der Waals surface area contributed by atoms with E-state index < -0.39 is 12.0 Å². The lowest BCUT2D eigenvalue weighted by Crippen LogP contribution is -2.33. The van der Waals surface area contributed by atoms with E-state index in [0.717, 1.165) is 10.5 Å². The van der Waals surface area contributed by atoms with Crippen LogP contribution in [0.15, 0.2) is 29.2 Å². The Balaban J connectivity index is 2.88. The number of carbonyl (C=O) groups is 2. The van der Waals surface area contributed by atoms with Gasteiger partial charge in [-0.2, -0.15) is 0 Å². The molecular weight excluding hydrogens is 262 g/mol. The molecule has 1 unspecified atom stereocenters. The molecule has 0 bridgehead atoms. The molecular formula is C14H19NO3S. The van der Waals surface area contributed by atoms with Gasteiger partial charge in [-0.05, 0) is 24.0 Å². The second kappa shape index (κ2) is 7.19. The van der Waals surface area contributed by atoms with Gasteiger partial charge in [-0.25, -0.2) is 0 Å². The third-order valence-corrected chi connectivity index (χ3v) is 3.48. The van der Waals surface area contributed by atoms with E-state index in [1.807, 2.05) is 30.5 Å². The normalized spacial score (nSPS) is 12.2. The van der Waals surface area contributed by atoms with Crippen molar-refractivity contribution in [2.24, 2.45) is 5.92 Å². The highest BCUT2D eigenvalue weighted by Crippen LogP contribution is 2.21. The third-order valence-electron chi connectivity index (χ3n) is 2.74. The number of hydrogen-bond acceptors (Lipinski definition) is 3. The largest absolute Gasteiger partial charge is 0.481 e. The Hall–Kier alpha value is -1.49. The van der Waals surface area contributed by atoms with Gasteiger partial charge in [0, 0.05) is 10.8 Å². The molecule has 0 aliphatic rings. The smallest absolute Gasteiger partial charge is 0.305 e. The summed E-state index contributed by atoms with van der Waals surface area (Å²) in [6.07, 6.45) is 1.86. The summed E-state index contributed by atoms with van der Waals surface area (Å²) in [5.41, 5.74) is 0.814. The Morgan fingerprint density at radius 2 is 1.84 bits per heavy atom. The first kappa shape index (κ1) is 15.6. The monoisotopic (exact) mass is 281 g/mol. The molecule has 1 aromatic carbocycles. The van der Waals surface area contributed by atoms with Gasteiger partial charge in [0.25, 0.3) is 0 Å². The molecule has 1 atom stereocenters. The van der Waals surface area contributed by atoms with Gasteiger partial charge in [0.15, 0.2) is 0 Å². The summed E-state index contributed by atoms with van der Waals surface area (Å²) >= 11 is 1.62. The lowest BCUT2D eigenvalue weighted by atomic mass is 10.0. The van der Waals surface area contributed by atoms with E-state index in [2.05, 4.69) is 5.32 Å². The van der Waals surface area contributed by atoms with Gasteiger partial charge in [0.05, 0.1) is 12.5 Å². The number of rotatable bonds is 6. The molecule has 0 aromatic heterocycles. The molecule has 0 aliphatic carbocycles. The van der Waals surface area contributed by atoms with Gasteiger partial charge in [-0.15, -0.1) is 11.8 Å². The minimum Gasteiger partial charge on any atom is -0.481 e. The highest BCUT2D eigenvalue weighted by atomic mass is 32.2. The zero-order chi connectivity index (χ0) is 14.4. The summed E-state index contributed by atoms with van der Waals surface area (Å²) in [5, 5.41) is 11.7. The molecule has 1 rings (SSSR count). The van der Waals surface area contributed by atoms with Crippen molar-refractivity contribution in [3.8, 4) is 0 Å². The summed E-state index contributed by atoms with van der Waals surface area (Å²) in [6.45, 7) is 3.56. The second-order valence-electron chi connectivity index (χ2n) is 4.59. The number of nitrogens with one attached hydrogen (secondary N) is 1. The third kappa shape index (κ3) is 4.95. The van der Waals surface area contributed by atoms with Crippen LogP contribution in [0, 0.1) is 5.92 Å². The lowest BCUT2D eigenvalue weighted by molar-refractivity contribution is -0.137. The molecule has 0 radical (unpaired) electrons. The zero-order valence-corrected chi connectivity index (χ0v) is 12.2. The van der Waals surface area contributed by atoms with E-state index in [-0.39, 0.29) is 18.2 Å². The molecule has 0 fully saturated rings. The molecule has 0 heterocycles. The molecule has 1 amide bonds. The van der Waals surface area contributed by atoms with Crippen molar-refractivity contribution >= 4 is 23.6 Å². The summed E-state index contributed by atoms with van der Waals surface area (Å²) in [4.78, 5) is 23.7. The fraction of sp³-hybridized carbons (Fsp3) is 0.429. The van der Waals surface area contributed by atoms with Crippen molar-refractivity contribution in [2.45, 2.75) is 31.2 Å². The minimum atomic E-state index is -0.928. The zero-order valence-electron chi connectivity index (χ0n) is 11.3. The molecule has 1 aromatic rings. The van der Waals surface area contributed by atoms with Crippen molar-refractivity contribution in [1.82, 2.24) is 5.32 Å². The summed E-state index contributed by atoms with van der Waals surface area (Å²) in [5.74, 6) is -1.23. The topological polar surface area (TPSA) is 66.4 Å². The molecule has 19 heavy (non-hydrogen) atoms. The number of carboxylic acids is 1. The van der Waals surface area contributed by atoms with Crippen molar-refractivity contribution in [2.75, 3.05) is 6.26 Å². The van der Waals surface area contributed by atoms with Crippen LogP contribution in [0.5, 0.6) is 0 Å². The first-order chi connectivity index (χ1) is 8.93. The first-order valence-corrected chi connectivity index (χ1v) is 7.32. The average molecular weight is 281 g/mol. The van der Waals surface area contributed by atoms with Crippen LogP contribution in [0.25, 0.3) is 0 Å². The predicted molar refractivity (Wildman–Crippen MR) is 76.2 cm³/mol. The van der Waals surface area contributed by atoms with E-state index in [9.17, 15) is 9.59 Å². The fourth-order valence-corrected chi connectivity index (χ4v) is 2.01. The van der Waals surface area contributed by atoms with E-state index in [1.54, 1.807) is 25.6 Å². The van der Waals surface area contributed by atoms with Crippen LogP contribution in [0.4, 0.5) is 0 Å². The van der Waals surface area contributed by atoms with Gasteiger partial charge in [-0.1, -0.05) is 26.0 Å². The van der Waals surface area contributed by atoms with Crippen LogP contribution in [-0.2, 0) is 9.59 Å². The first-order valence-electron chi connectivity index (χ1n) is 6.10. The molecule has 5 heteroatoms. The minimum absolute atomic E-state index is 0.114. The number of carboxylic acid groups (broad SMARTS) is 1. The van der Waals surface area contributed by atoms with Gasteiger partial charge < -0.3 is 10.4 Å². The molecule has 0 saturated carbocycles. The van der Waals surface area contributed by atoms with Crippen molar-refractivity contribution in [3.05, 3.63) is 29.8 Å².